The summed E-state index contributed by atoms with van der Waals surface area (Å²) in [4.78, 5) is 11.0. The first kappa shape index (κ1) is 21.3. The third kappa shape index (κ3) is 5.28. The van der Waals surface area contributed by atoms with Crippen LogP contribution in [-0.2, 0) is 21.5 Å². The highest BCUT2D eigenvalue weighted by atomic mass is 32.2. The lowest BCUT2D eigenvalue weighted by molar-refractivity contribution is -0.679. The standard InChI is InChI=1S/C13H14N2O2.C7H8O3S/c1-4-13(16)14-10-6-7-12-11(8-10)15(5-2)9(3)17-12;1-6-2-4-7(5-3-6)11(8,9)10/h4,6-8H,1,5H2,2-3H3;2-5H,1H3,(H,8,9,10). The molecule has 1 aromatic heterocycles. The summed E-state index contributed by atoms with van der Waals surface area (Å²) in [6.45, 7) is 10.0. The first-order chi connectivity index (χ1) is 13.2. The summed E-state index contributed by atoms with van der Waals surface area (Å²) in [6, 6.07) is 11.3. The highest BCUT2D eigenvalue weighted by molar-refractivity contribution is 7.85. The number of rotatable bonds is 4. The predicted molar refractivity (Wildman–Crippen MR) is 105 cm³/mol. The van der Waals surface area contributed by atoms with Crippen molar-refractivity contribution in [1.82, 2.24) is 0 Å². The van der Waals surface area contributed by atoms with E-state index in [1.165, 1.54) is 18.2 Å². The molecule has 0 atom stereocenters. The maximum absolute atomic E-state index is 11.2. The van der Waals surface area contributed by atoms with Crippen LogP contribution >= 0.6 is 0 Å². The Bertz CT molecular complexity index is 1100. The van der Waals surface area contributed by atoms with Crippen LogP contribution in [0.2, 0.25) is 0 Å². The van der Waals surface area contributed by atoms with Crippen LogP contribution in [0.5, 0.6) is 0 Å². The molecular weight excluding hydrogens is 380 g/mol. The number of hydrogen-bond donors (Lipinski definition) is 1. The van der Waals surface area contributed by atoms with Gasteiger partial charge in [0.05, 0.1) is 11.8 Å². The maximum atomic E-state index is 11.2. The number of amides is 1. The number of hydrogen-bond acceptors (Lipinski definition) is 5. The Labute approximate surface area is 164 Å². The van der Waals surface area contributed by atoms with Crippen molar-refractivity contribution in [1.29, 1.82) is 0 Å². The molecule has 1 heterocycles. The van der Waals surface area contributed by atoms with E-state index in [0.29, 0.717) is 0 Å². The molecule has 28 heavy (non-hydrogen) atoms. The van der Waals surface area contributed by atoms with Crippen molar-refractivity contribution in [3.05, 3.63) is 66.6 Å². The summed E-state index contributed by atoms with van der Waals surface area (Å²) in [6.07, 6.45) is 1.25. The maximum Gasteiger partial charge on any atom is 0.344 e. The molecule has 0 saturated heterocycles. The SMILES string of the molecule is C=CC(=O)Nc1ccc2oc(C)[n+](CC)c2c1.Cc1ccc(S(=O)(=O)[O-])cc1. The number of fused-ring (bicyclic) bond motifs is 1. The Balaban J connectivity index is 0.000000221. The van der Waals surface area contributed by atoms with Crippen LogP contribution in [0.25, 0.3) is 11.1 Å². The topological polar surface area (TPSA) is 103 Å². The summed E-state index contributed by atoms with van der Waals surface area (Å²) < 4.78 is 38.8. The number of aryl methyl sites for hydroxylation is 3. The molecular formula is C20H22N2O5S. The van der Waals surface area contributed by atoms with Gasteiger partial charge in [-0.1, -0.05) is 24.3 Å². The number of nitrogens with one attached hydrogen (secondary N) is 1. The fourth-order valence-electron chi connectivity index (χ4n) is 2.57. The van der Waals surface area contributed by atoms with Crippen LogP contribution in [-0.4, -0.2) is 18.9 Å². The molecule has 2 aromatic carbocycles. The molecule has 3 aromatic rings. The highest BCUT2D eigenvalue weighted by Gasteiger charge is 2.17. The van der Waals surface area contributed by atoms with E-state index in [0.717, 1.165) is 34.8 Å². The Kier molecular flexibility index (Phi) is 6.71. The zero-order valence-corrected chi connectivity index (χ0v) is 16.7. The third-order valence-electron chi connectivity index (χ3n) is 3.97. The van der Waals surface area contributed by atoms with Crippen LogP contribution in [0.4, 0.5) is 5.69 Å². The van der Waals surface area contributed by atoms with E-state index in [1.807, 2.05) is 32.0 Å². The third-order valence-corrected chi connectivity index (χ3v) is 4.82. The lowest BCUT2D eigenvalue weighted by atomic mass is 10.2. The minimum atomic E-state index is -4.27. The molecule has 0 unspecified atom stereocenters. The fraction of sp³-hybridized carbons (Fsp3) is 0.200. The minimum Gasteiger partial charge on any atom is -0.744 e. The number of benzene rings is 2. The average Bonchev–Trinajstić information content (AvgIpc) is 2.96. The molecule has 3 rings (SSSR count). The number of anilines is 1. The Hall–Kier alpha value is -2.97. The van der Waals surface area contributed by atoms with Gasteiger partial charge in [0.25, 0.3) is 5.52 Å². The van der Waals surface area contributed by atoms with Crippen molar-refractivity contribution in [2.24, 2.45) is 0 Å². The Morgan fingerprint density at radius 2 is 1.86 bits per heavy atom. The van der Waals surface area contributed by atoms with Crippen molar-refractivity contribution < 1.29 is 26.7 Å². The van der Waals surface area contributed by atoms with Crippen LogP contribution in [0.3, 0.4) is 0 Å². The molecule has 0 saturated carbocycles. The van der Waals surface area contributed by atoms with Gasteiger partial charge in [-0.3, -0.25) is 4.79 Å². The lowest BCUT2D eigenvalue weighted by Gasteiger charge is -2.05. The second-order valence-corrected chi connectivity index (χ2v) is 7.39. The smallest absolute Gasteiger partial charge is 0.344 e. The second-order valence-electron chi connectivity index (χ2n) is 6.01. The Morgan fingerprint density at radius 1 is 1.21 bits per heavy atom. The summed E-state index contributed by atoms with van der Waals surface area (Å²) >= 11 is 0. The van der Waals surface area contributed by atoms with E-state index in [9.17, 15) is 17.8 Å². The summed E-state index contributed by atoms with van der Waals surface area (Å²) in [5.41, 5.74) is 3.47. The van der Waals surface area contributed by atoms with Crippen molar-refractivity contribution in [3.8, 4) is 0 Å². The van der Waals surface area contributed by atoms with E-state index in [1.54, 1.807) is 12.1 Å². The van der Waals surface area contributed by atoms with Crippen molar-refractivity contribution >= 4 is 32.8 Å². The first-order valence-electron chi connectivity index (χ1n) is 8.54. The van der Waals surface area contributed by atoms with Gasteiger partial charge in [-0.15, -0.1) is 0 Å². The summed E-state index contributed by atoms with van der Waals surface area (Å²) in [5, 5.41) is 2.73. The normalized spacial score (nSPS) is 10.9. The van der Waals surface area contributed by atoms with Gasteiger partial charge in [0.1, 0.15) is 16.7 Å². The van der Waals surface area contributed by atoms with Crippen LogP contribution in [0, 0.1) is 13.8 Å². The molecule has 0 spiro atoms. The van der Waals surface area contributed by atoms with Gasteiger partial charge in [-0.25, -0.2) is 8.42 Å². The highest BCUT2D eigenvalue weighted by Crippen LogP contribution is 2.18. The van der Waals surface area contributed by atoms with Crippen LogP contribution < -0.4 is 9.88 Å². The molecule has 8 heteroatoms. The molecule has 1 amide bonds. The van der Waals surface area contributed by atoms with Crippen molar-refractivity contribution in [3.63, 3.8) is 0 Å². The van der Waals surface area contributed by atoms with Gasteiger partial charge in [0, 0.05) is 11.8 Å². The first-order valence-corrected chi connectivity index (χ1v) is 9.95. The Morgan fingerprint density at radius 3 is 2.39 bits per heavy atom. The van der Waals surface area contributed by atoms with Gasteiger partial charge in [0.2, 0.25) is 11.5 Å². The fourth-order valence-corrected chi connectivity index (χ4v) is 3.04. The number of carbonyl (C=O) groups excluding carboxylic acids is 1. The van der Waals surface area contributed by atoms with Gasteiger partial charge < -0.3 is 14.3 Å². The van der Waals surface area contributed by atoms with Gasteiger partial charge in [-0.05, 0) is 44.2 Å². The van der Waals surface area contributed by atoms with Crippen molar-refractivity contribution in [2.45, 2.75) is 32.2 Å². The zero-order chi connectivity index (χ0) is 20.9. The molecule has 0 aliphatic heterocycles. The number of aromatic nitrogens is 1. The zero-order valence-electron chi connectivity index (χ0n) is 15.9. The van der Waals surface area contributed by atoms with E-state index in [2.05, 4.69) is 23.4 Å². The molecule has 0 bridgehead atoms. The average molecular weight is 402 g/mol. The van der Waals surface area contributed by atoms with E-state index in [4.69, 9.17) is 4.42 Å². The molecule has 0 aliphatic carbocycles. The summed E-state index contributed by atoms with van der Waals surface area (Å²) in [7, 11) is -4.27. The minimum absolute atomic E-state index is 0.178. The van der Waals surface area contributed by atoms with E-state index >= 15 is 0 Å². The number of nitrogens with zero attached hydrogens (tertiary/aromatic N) is 1. The van der Waals surface area contributed by atoms with Crippen LogP contribution in [0.1, 0.15) is 18.4 Å². The largest absolute Gasteiger partial charge is 0.744 e. The van der Waals surface area contributed by atoms with E-state index < -0.39 is 10.1 Å². The monoisotopic (exact) mass is 402 g/mol. The van der Waals surface area contributed by atoms with Gasteiger partial charge in [0.15, 0.2) is 0 Å². The molecule has 0 aliphatic rings. The van der Waals surface area contributed by atoms with Gasteiger partial charge in [-0.2, -0.15) is 4.57 Å². The summed E-state index contributed by atoms with van der Waals surface area (Å²) in [5.74, 6) is 0.641. The van der Waals surface area contributed by atoms with Crippen LogP contribution in [0.15, 0.2) is 64.4 Å². The molecule has 148 valence electrons. The van der Waals surface area contributed by atoms with Crippen molar-refractivity contribution in [2.75, 3.05) is 5.32 Å². The molecule has 1 N–H and O–H groups in total. The molecule has 0 fully saturated rings. The lowest BCUT2D eigenvalue weighted by Crippen LogP contribution is -2.33. The molecule has 0 radical (unpaired) electrons. The van der Waals surface area contributed by atoms with Gasteiger partial charge >= 0.3 is 5.89 Å². The second kappa shape index (κ2) is 8.81. The predicted octanol–water partition coefficient (Wildman–Crippen LogP) is 3.07. The number of oxazole rings is 1. The molecule has 7 nitrogen and oxygen atoms in total. The quantitative estimate of drug-likeness (QED) is 0.410. The number of carbonyl (C=O) groups is 1. The van der Waals surface area contributed by atoms with E-state index in [-0.39, 0.29) is 10.8 Å².